The van der Waals surface area contributed by atoms with Crippen molar-refractivity contribution in [1.82, 2.24) is 30.0 Å². The first kappa shape index (κ1) is 23.4. The maximum atomic E-state index is 5.77. The van der Waals surface area contributed by atoms with Crippen LogP contribution in [-0.2, 0) is 13.1 Å². The Balaban J connectivity index is 1.23. The minimum Gasteiger partial charge on any atom is -0.496 e. The van der Waals surface area contributed by atoms with E-state index in [-0.39, 0.29) is 6.04 Å². The number of hydrogen-bond acceptors (Lipinski definition) is 8. The summed E-state index contributed by atoms with van der Waals surface area (Å²) in [5.41, 5.74) is 3.45. The Morgan fingerprint density at radius 3 is 2.46 bits per heavy atom. The SMILES string of the molecule is COc1ccccc1[C@H](c1nnnn1Cc1ccccc1)N1CCN(Cc2ccc3c(c2)OCO3)CC1. The number of aromatic nitrogens is 4. The zero-order chi connectivity index (χ0) is 25.0. The van der Waals surface area contributed by atoms with E-state index in [4.69, 9.17) is 14.2 Å². The molecule has 0 aliphatic carbocycles. The molecule has 2 aliphatic rings. The first-order chi connectivity index (χ1) is 18.3. The lowest BCUT2D eigenvalue weighted by molar-refractivity contribution is 0.0992. The third-order valence-corrected chi connectivity index (χ3v) is 7.03. The fourth-order valence-electron chi connectivity index (χ4n) is 5.14. The number of para-hydroxylation sites is 1. The van der Waals surface area contributed by atoms with Gasteiger partial charge in [-0.1, -0.05) is 54.6 Å². The molecule has 6 rings (SSSR count). The fraction of sp³-hybridized carbons (Fsp3) is 0.321. The van der Waals surface area contributed by atoms with Crippen molar-refractivity contribution in [3.05, 3.63) is 95.3 Å². The van der Waals surface area contributed by atoms with E-state index in [1.807, 2.05) is 47.1 Å². The third-order valence-electron chi connectivity index (χ3n) is 7.03. The van der Waals surface area contributed by atoms with Crippen molar-refractivity contribution in [2.75, 3.05) is 40.1 Å². The quantitative estimate of drug-likeness (QED) is 0.366. The summed E-state index contributed by atoms with van der Waals surface area (Å²) >= 11 is 0. The second-order valence-corrected chi connectivity index (χ2v) is 9.32. The van der Waals surface area contributed by atoms with Crippen LogP contribution in [0, 0.1) is 0 Å². The van der Waals surface area contributed by atoms with Gasteiger partial charge in [0.25, 0.3) is 0 Å². The van der Waals surface area contributed by atoms with E-state index in [0.29, 0.717) is 13.3 Å². The number of tetrazole rings is 1. The summed E-state index contributed by atoms with van der Waals surface area (Å²) in [6, 6.07) is 24.5. The van der Waals surface area contributed by atoms with Crippen molar-refractivity contribution in [1.29, 1.82) is 0 Å². The van der Waals surface area contributed by atoms with Gasteiger partial charge in [0.1, 0.15) is 11.8 Å². The highest BCUT2D eigenvalue weighted by molar-refractivity contribution is 5.44. The molecule has 1 saturated heterocycles. The Bertz CT molecular complexity index is 1340. The molecule has 0 amide bonds. The molecule has 9 nitrogen and oxygen atoms in total. The van der Waals surface area contributed by atoms with Crippen molar-refractivity contribution in [2.24, 2.45) is 0 Å². The second-order valence-electron chi connectivity index (χ2n) is 9.32. The summed E-state index contributed by atoms with van der Waals surface area (Å²) in [6.07, 6.45) is 0. The molecule has 3 aromatic carbocycles. The van der Waals surface area contributed by atoms with Crippen LogP contribution in [0.15, 0.2) is 72.8 Å². The monoisotopic (exact) mass is 498 g/mol. The van der Waals surface area contributed by atoms with E-state index in [9.17, 15) is 0 Å². The van der Waals surface area contributed by atoms with Crippen molar-refractivity contribution in [3.8, 4) is 17.2 Å². The number of piperazine rings is 1. The maximum Gasteiger partial charge on any atom is 0.231 e. The molecule has 0 radical (unpaired) electrons. The standard InChI is InChI=1S/C28H30N6O3/c1-35-24-10-6-5-9-23(24)27(28-29-30-31-34(28)19-21-7-3-2-4-8-21)33-15-13-32(14-16-33)18-22-11-12-25-26(17-22)37-20-36-25/h2-12,17,27H,13-16,18-20H2,1H3/t27-/m1/s1. The van der Waals surface area contributed by atoms with Gasteiger partial charge in [0.2, 0.25) is 6.79 Å². The van der Waals surface area contributed by atoms with Gasteiger partial charge in [0, 0.05) is 38.3 Å². The van der Waals surface area contributed by atoms with Crippen LogP contribution < -0.4 is 14.2 Å². The van der Waals surface area contributed by atoms with E-state index < -0.39 is 0 Å². The first-order valence-electron chi connectivity index (χ1n) is 12.6. The largest absolute Gasteiger partial charge is 0.496 e. The molecule has 0 saturated carbocycles. The predicted octanol–water partition coefficient (Wildman–Crippen LogP) is 3.37. The van der Waals surface area contributed by atoms with Gasteiger partial charge in [-0.15, -0.1) is 5.10 Å². The lowest BCUT2D eigenvalue weighted by atomic mass is 10.0. The van der Waals surface area contributed by atoms with Crippen molar-refractivity contribution < 1.29 is 14.2 Å². The van der Waals surface area contributed by atoms with E-state index in [1.165, 1.54) is 5.56 Å². The van der Waals surface area contributed by atoms with Crippen LogP contribution in [0.5, 0.6) is 17.2 Å². The Morgan fingerprint density at radius 2 is 1.62 bits per heavy atom. The number of fused-ring (bicyclic) bond motifs is 1. The molecule has 37 heavy (non-hydrogen) atoms. The molecule has 190 valence electrons. The van der Waals surface area contributed by atoms with E-state index in [2.05, 4.69) is 55.7 Å². The van der Waals surface area contributed by atoms with Crippen LogP contribution in [0.3, 0.4) is 0 Å². The molecule has 1 aromatic heterocycles. The zero-order valence-electron chi connectivity index (χ0n) is 20.9. The molecule has 0 unspecified atom stereocenters. The van der Waals surface area contributed by atoms with Crippen LogP contribution in [0.2, 0.25) is 0 Å². The van der Waals surface area contributed by atoms with Crippen LogP contribution in [-0.4, -0.2) is 70.1 Å². The molecule has 1 fully saturated rings. The summed E-state index contributed by atoms with van der Waals surface area (Å²) in [5.74, 6) is 3.31. The summed E-state index contributed by atoms with van der Waals surface area (Å²) < 4.78 is 18.7. The molecule has 1 atom stereocenters. The molecule has 2 aliphatic heterocycles. The number of rotatable bonds is 8. The van der Waals surface area contributed by atoms with Crippen LogP contribution in [0.1, 0.15) is 28.6 Å². The van der Waals surface area contributed by atoms with Crippen molar-refractivity contribution in [3.63, 3.8) is 0 Å². The second kappa shape index (κ2) is 10.6. The molecule has 0 spiro atoms. The average Bonchev–Trinajstić information content (AvgIpc) is 3.60. The molecule has 9 heteroatoms. The molecule has 4 aromatic rings. The van der Waals surface area contributed by atoms with Gasteiger partial charge in [-0.25, -0.2) is 4.68 Å². The minimum atomic E-state index is -0.123. The van der Waals surface area contributed by atoms with E-state index in [1.54, 1.807) is 7.11 Å². The van der Waals surface area contributed by atoms with Gasteiger partial charge in [0.05, 0.1) is 13.7 Å². The van der Waals surface area contributed by atoms with Crippen LogP contribution in [0.4, 0.5) is 0 Å². The molecular weight excluding hydrogens is 468 g/mol. The molecular formula is C28H30N6O3. The summed E-state index contributed by atoms with van der Waals surface area (Å²) in [5, 5.41) is 13.0. The smallest absolute Gasteiger partial charge is 0.231 e. The predicted molar refractivity (Wildman–Crippen MR) is 138 cm³/mol. The highest BCUT2D eigenvalue weighted by atomic mass is 16.7. The zero-order valence-corrected chi connectivity index (χ0v) is 20.9. The Labute approximate surface area is 216 Å². The lowest BCUT2D eigenvalue weighted by Crippen LogP contribution is -2.48. The average molecular weight is 499 g/mol. The van der Waals surface area contributed by atoms with Gasteiger partial charge < -0.3 is 14.2 Å². The summed E-state index contributed by atoms with van der Waals surface area (Å²) in [4.78, 5) is 4.93. The first-order valence-corrected chi connectivity index (χ1v) is 12.6. The van der Waals surface area contributed by atoms with Crippen LogP contribution >= 0.6 is 0 Å². The highest BCUT2D eigenvalue weighted by Gasteiger charge is 2.32. The van der Waals surface area contributed by atoms with Gasteiger partial charge in [-0.05, 0) is 39.8 Å². The van der Waals surface area contributed by atoms with Crippen molar-refractivity contribution in [2.45, 2.75) is 19.1 Å². The fourth-order valence-corrected chi connectivity index (χ4v) is 5.14. The van der Waals surface area contributed by atoms with Gasteiger partial charge in [0.15, 0.2) is 17.3 Å². The lowest BCUT2D eigenvalue weighted by Gasteiger charge is -2.39. The number of methoxy groups -OCH3 is 1. The Morgan fingerprint density at radius 1 is 0.838 bits per heavy atom. The number of nitrogens with zero attached hydrogens (tertiary/aromatic N) is 6. The Kier molecular flexibility index (Phi) is 6.70. The van der Waals surface area contributed by atoms with Gasteiger partial charge in [-0.3, -0.25) is 9.80 Å². The topological polar surface area (TPSA) is 77.8 Å². The number of benzene rings is 3. The number of hydrogen-bond donors (Lipinski definition) is 0. The van der Waals surface area contributed by atoms with Crippen LogP contribution in [0.25, 0.3) is 0 Å². The normalized spacial score (nSPS) is 16.6. The van der Waals surface area contributed by atoms with E-state index in [0.717, 1.165) is 66.9 Å². The van der Waals surface area contributed by atoms with Gasteiger partial charge >= 0.3 is 0 Å². The molecule has 0 N–H and O–H groups in total. The number of ether oxygens (including phenoxy) is 3. The Hall–Kier alpha value is -3.95. The van der Waals surface area contributed by atoms with Gasteiger partial charge in [-0.2, -0.15) is 0 Å². The van der Waals surface area contributed by atoms with E-state index >= 15 is 0 Å². The van der Waals surface area contributed by atoms with Crippen molar-refractivity contribution >= 4 is 0 Å². The molecule has 3 heterocycles. The maximum absolute atomic E-state index is 5.77. The summed E-state index contributed by atoms with van der Waals surface area (Å²) in [6.45, 7) is 5.40. The summed E-state index contributed by atoms with van der Waals surface area (Å²) in [7, 11) is 1.71. The minimum absolute atomic E-state index is 0.123. The highest BCUT2D eigenvalue weighted by Crippen LogP contribution is 2.35. The third kappa shape index (κ3) is 5.00. The molecule has 0 bridgehead atoms.